The van der Waals surface area contributed by atoms with Crippen molar-refractivity contribution in [2.75, 3.05) is 0 Å². The van der Waals surface area contributed by atoms with Gasteiger partial charge in [-0.05, 0) is 47.9 Å². The van der Waals surface area contributed by atoms with Crippen molar-refractivity contribution in [2.24, 2.45) is 5.84 Å². The van der Waals surface area contributed by atoms with Gasteiger partial charge in [-0.1, -0.05) is 56.8 Å². The number of nitrogens with two attached hydrogens (primary N) is 1. The van der Waals surface area contributed by atoms with E-state index < -0.39 is 0 Å². The summed E-state index contributed by atoms with van der Waals surface area (Å²) in [4.78, 5) is 0. The molecule has 0 fully saturated rings. The van der Waals surface area contributed by atoms with Gasteiger partial charge in [0.25, 0.3) is 0 Å². The SMILES string of the molecule is NNC(Cc1c(Cl)cccc1Cl)c1cc(Br)ccc1Cl. The van der Waals surface area contributed by atoms with E-state index in [1.165, 1.54) is 0 Å². The Balaban J connectivity index is 2.36. The Morgan fingerprint density at radius 2 is 1.70 bits per heavy atom. The van der Waals surface area contributed by atoms with E-state index in [1.807, 2.05) is 24.3 Å². The Kier molecular flexibility index (Phi) is 5.73. The van der Waals surface area contributed by atoms with Crippen LogP contribution >= 0.6 is 50.7 Å². The van der Waals surface area contributed by atoms with Crippen molar-refractivity contribution in [3.63, 3.8) is 0 Å². The minimum Gasteiger partial charge on any atom is -0.271 e. The number of hydrogen-bond donors (Lipinski definition) is 2. The molecule has 2 aromatic carbocycles. The molecule has 0 aromatic heterocycles. The van der Waals surface area contributed by atoms with Gasteiger partial charge in [0.2, 0.25) is 0 Å². The Labute approximate surface area is 141 Å². The smallest absolute Gasteiger partial charge is 0.0516 e. The lowest BCUT2D eigenvalue weighted by Gasteiger charge is -2.19. The molecule has 0 saturated heterocycles. The van der Waals surface area contributed by atoms with Crippen molar-refractivity contribution in [3.05, 3.63) is 67.1 Å². The maximum Gasteiger partial charge on any atom is 0.0516 e. The molecule has 0 saturated carbocycles. The molecule has 0 spiro atoms. The van der Waals surface area contributed by atoms with Crippen LogP contribution in [0.5, 0.6) is 0 Å². The van der Waals surface area contributed by atoms with Gasteiger partial charge < -0.3 is 0 Å². The van der Waals surface area contributed by atoms with Crippen LogP contribution in [0.1, 0.15) is 17.2 Å². The molecule has 1 atom stereocenters. The molecule has 0 radical (unpaired) electrons. The van der Waals surface area contributed by atoms with Crippen LogP contribution in [0.4, 0.5) is 0 Å². The van der Waals surface area contributed by atoms with Crippen LogP contribution in [0.2, 0.25) is 15.1 Å². The molecule has 0 amide bonds. The van der Waals surface area contributed by atoms with Crippen LogP contribution < -0.4 is 11.3 Å². The first-order valence-corrected chi connectivity index (χ1v) is 7.79. The van der Waals surface area contributed by atoms with Gasteiger partial charge in [0.15, 0.2) is 0 Å². The second kappa shape index (κ2) is 7.12. The van der Waals surface area contributed by atoms with Crippen LogP contribution in [0.3, 0.4) is 0 Å². The van der Waals surface area contributed by atoms with Gasteiger partial charge in [0.05, 0.1) is 6.04 Å². The first-order chi connectivity index (χ1) is 9.52. The third-order valence-corrected chi connectivity index (χ3v) is 4.55. The van der Waals surface area contributed by atoms with Crippen LogP contribution in [0, 0.1) is 0 Å². The van der Waals surface area contributed by atoms with Gasteiger partial charge in [-0.25, -0.2) is 0 Å². The van der Waals surface area contributed by atoms with Crippen molar-refractivity contribution in [2.45, 2.75) is 12.5 Å². The van der Waals surface area contributed by atoms with Crippen LogP contribution in [0.15, 0.2) is 40.9 Å². The highest BCUT2D eigenvalue weighted by atomic mass is 79.9. The highest BCUT2D eigenvalue weighted by molar-refractivity contribution is 9.10. The largest absolute Gasteiger partial charge is 0.271 e. The lowest BCUT2D eigenvalue weighted by Crippen LogP contribution is -2.30. The van der Waals surface area contributed by atoms with Crippen LogP contribution in [-0.4, -0.2) is 0 Å². The Hall–Kier alpha value is -0.290. The summed E-state index contributed by atoms with van der Waals surface area (Å²) in [5.74, 6) is 5.66. The summed E-state index contributed by atoms with van der Waals surface area (Å²) in [7, 11) is 0. The lowest BCUT2D eigenvalue weighted by atomic mass is 9.99. The topological polar surface area (TPSA) is 38.0 Å². The van der Waals surface area contributed by atoms with E-state index in [9.17, 15) is 0 Å². The summed E-state index contributed by atoms with van der Waals surface area (Å²) < 4.78 is 0.933. The van der Waals surface area contributed by atoms with Crippen LogP contribution in [-0.2, 0) is 6.42 Å². The maximum absolute atomic E-state index is 6.23. The van der Waals surface area contributed by atoms with E-state index in [2.05, 4.69) is 21.4 Å². The van der Waals surface area contributed by atoms with Crippen molar-refractivity contribution in [1.82, 2.24) is 5.43 Å². The maximum atomic E-state index is 6.23. The second-order valence-corrected chi connectivity index (χ2v) is 6.43. The summed E-state index contributed by atoms with van der Waals surface area (Å²) in [5, 5.41) is 1.87. The third kappa shape index (κ3) is 3.67. The first kappa shape index (κ1) is 16.1. The summed E-state index contributed by atoms with van der Waals surface area (Å²) in [5.41, 5.74) is 4.50. The molecule has 2 rings (SSSR count). The van der Waals surface area contributed by atoms with Gasteiger partial charge in [0.1, 0.15) is 0 Å². The van der Waals surface area contributed by atoms with E-state index >= 15 is 0 Å². The van der Waals surface area contributed by atoms with Crippen molar-refractivity contribution < 1.29 is 0 Å². The molecular formula is C14H12BrCl3N2. The third-order valence-electron chi connectivity index (χ3n) is 3.00. The average molecular weight is 395 g/mol. The van der Waals surface area contributed by atoms with E-state index in [-0.39, 0.29) is 6.04 Å². The number of rotatable bonds is 4. The second-order valence-electron chi connectivity index (χ2n) is 4.29. The van der Waals surface area contributed by atoms with Gasteiger partial charge in [-0.2, -0.15) is 0 Å². The monoisotopic (exact) mass is 392 g/mol. The summed E-state index contributed by atoms with van der Waals surface area (Å²) in [6.07, 6.45) is 0.547. The fourth-order valence-electron chi connectivity index (χ4n) is 1.97. The summed E-state index contributed by atoms with van der Waals surface area (Å²) in [6, 6.07) is 10.9. The zero-order valence-electron chi connectivity index (χ0n) is 10.3. The van der Waals surface area contributed by atoms with Gasteiger partial charge in [-0.3, -0.25) is 11.3 Å². The van der Waals surface area contributed by atoms with Gasteiger partial charge in [0, 0.05) is 19.5 Å². The minimum atomic E-state index is -0.183. The van der Waals surface area contributed by atoms with E-state index in [0.717, 1.165) is 15.6 Å². The molecule has 0 aliphatic heterocycles. The Morgan fingerprint density at radius 3 is 2.30 bits per heavy atom. The molecule has 20 heavy (non-hydrogen) atoms. The predicted octanol–water partition coefficient (Wildman–Crippen LogP) is 5.16. The molecule has 106 valence electrons. The standard InChI is InChI=1S/C14H12BrCl3N2/c15-8-4-5-13(18)10(6-8)14(20-19)7-9-11(16)2-1-3-12(9)17/h1-6,14,20H,7,19H2. The molecule has 0 aliphatic rings. The van der Waals surface area contributed by atoms with Gasteiger partial charge in [-0.15, -0.1) is 0 Å². The van der Waals surface area contributed by atoms with E-state index in [1.54, 1.807) is 12.1 Å². The fraction of sp³-hybridized carbons (Fsp3) is 0.143. The minimum absolute atomic E-state index is 0.183. The lowest BCUT2D eigenvalue weighted by molar-refractivity contribution is 0.552. The predicted molar refractivity (Wildman–Crippen MR) is 89.4 cm³/mol. The van der Waals surface area contributed by atoms with Gasteiger partial charge >= 0.3 is 0 Å². The number of benzene rings is 2. The average Bonchev–Trinajstić information content (AvgIpc) is 2.42. The number of hydrogen-bond acceptors (Lipinski definition) is 2. The van der Waals surface area contributed by atoms with Crippen molar-refractivity contribution in [1.29, 1.82) is 0 Å². The molecule has 0 bridgehead atoms. The molecular weight excluding hydrogens is 382 g/mol. The quantitative estimate of drug-likeness (QED) is 0.555. The molecule has 0 heterocycles. The molecule has 3 N–H and O–H groups in total. The normalized spacial score (nSPS) is 12.4. The zero-order valence-corrected chi connectivity index (χ0v) is 14.2. The summed E-state index contributed by atoms with van der Waals surface area (Å²) in [6.45, 7) is 0. The molecule has 6 heteroatoms. The summed E-state index contributed by atoms with van der Waals surface area (Å²) >= 11 is 22.0. The van der Waals surface area contributed by atoms with Crippen molar-refractivity contribution in [3.8, 4) is 0 Å². The van der Waals surface area contributed by atoms with E-state index in [4.69, 9.17) is 40.6 Å². The Morgan fingerprint density at radius 1 is 1.05 bits per heavy atom. The molecule has 2 aromatic rings. The highest BCUT2D eigenvalue weighted by Crippen LogP contribution is 2.32. The van der Waals surface area contributed by atoms with Crippen molar-refractivity contribution >= 4 is 50.7 Å². The number of nitrogens with one attached hydrogen (secondary N) is 1. The highest BCUT2D eigenvalue weighted by Gasteiger charge is 2.17. The number of hydrazine groups is 1. The first-order valence-electron chi connectivity index (χ1n) is 5.87. The fourth-order valence-corrected chi connectivity index (χ4v) is 3.15. The molecule has 0 aliphatic carbocycles. The molecule has 1 unspecified atom stereocenters. The van der Waals surface area contributed by atoms with E-state index in [0.29, 0.717) is 21.5 Å². The Bertz CT molecular complexity index is 599. The zero-order chi connectivity index (χ0) is 14.7. The van der Waals surface area contributed by atoms with Crippen LogP contribution in [0.25, 0.3) is 0 Å². The molecule has 2 nitrogen and oxygen atoms in total. The number of halogens is 4.